The van der Waals surface area contributed by atoms with E-state index in [-0.39, 0.29) is 36.3 Å². The molecule has 0 spiro atoms. The van der Waals surface area contributed by atoms with E-state index in [2.05, 4.69) is 15.6 Å². The van der Waals surface area contributed by atoms with Gasteiger partial charge in [-0.1, -0.05) is 41.9 Å². The minimum Gasteiger partial charge on any atom is -0.464 e. The van der Waals surface area contributed by atoms with Gasteiger partial charge in [0.1, 0.15) is 11.4 Å². The van der Waals surface area contributed by atoms with Crippen LogP contribution in [0, 0.1) is 0 Å². The number of benzene rings is 2. The van der Waals surface area contributed by atoms with Crippen LogP contribution in [0.15, 0.2) is 59.3 Å². The fourth-order valence-electron chi connectivity index (χ4n) is 3.35. The molecule has 160 valence electrons. The highest BCUT2D eigenvalue weighted by Gasteiger charge is 2.31. The molecule has 2 aromatic heterocycles. The number of pyridine rings is 1. The maximum absolute atomic E-state index is 12.7. The maximum atomic E-state index is 12.7. The average molecular weight is 448 g/mol. The maximum Gasteiger partial charge on any atom is 0.417 e. The zero-order valence-corrected chi connectivity index (χ0v) is 16.8. The summed E-state index contributed by atoms with van der Waals surface area (Å²) in [6.45, 7) is 0.493. The standard InChI is InChI=1S/C22H17ClF3N3O2/c23-17-10-15(22(24,25)26)11-29-21(17)28-8-7-27-19(30)9-14-12-31-18-6-5-13-3-1-2-4-16(13)20(14)18/h1-6,10-12H,7-9H2,(H,27,30)(H,28,29). The van der Waals surface area contributed by atoms with Crippen molar-refractivity contribution in [2.75, 3.05) is 18.4 Å². The van der Waals surface area contributed by atoms with E-state index in [1.165, 1.54) is 0 Å². The Labute approximate surface area is 180 Å². The number of fused-ring (bicyclic) bond motifs is 3. The van der Waals surface area contributed by atoms with Gasteiger partial charge in [-0.05, 0) is 22.9 Å². The Kier molecular flexibility index (Phi) is 5.73. The van der Waals surface area contributed by atoms with Crippen molar-refractivity contribution in [2.24, 2.45) is 0 Å². The number of carbonyl (C=O) groups excluding carboxylic acids is 1. The number of furan rings is 1. The lowest BCUT2D eigenvalue weighted by Gasteiger charge is -2.11. The third kappa shape index (κ3) is 4.59. The summed E-state index contributed by atoms with van der Waals surface area (Å²) in [5.74, 6) is -0.0832. The van der Waals surface area contributed by atoms with Crippen molar-refractivity contribution < 1.29 is 22.4 Å². The summed E-state index contributed by atoms with van der Waals surface area (Å²) < 4.78 is 43.6. The lowest BCUT2D eigenvalue weighted by molar-refractivity contribution is -0.137. The molecule has 31 heavy (non-hydrogen) atoms. The highest BCUT2D eigenvalue weighted by Crippen LogP contribution is 2.32. The monoisotopic (exact) mass is 447 g/mol. The second-order valence-corrected chi connectivity index (χ2v) is 7.33. The first-order valence-corrected chi connectivity index (χ1v) is 9.82. The van der Waals surface area contributed by atoms with Crippen LogP contribution in [-0.2, 0) is 17.4 Å². The van der Waals surface area contributed by atoms with Gasteiger partial charge >= 0.3 is 6.18 Å². The molecule has 2 aromatic carbocycles. The predicted octanol–water partition coefficient (Wildman–Crippen LogP) is 5.42. The summed E-state index contributed by atoms with van der Waals surface area (Å²) in [7, 11) is 0. The van der Waals surface area contributed by atoms with Crippen molar-refractivity contribution in [1.29, 1.82) is 0 Å². The number of anilines is 1. The molecule has 0 aliphatic heterocycles. The summed E-state index contributed by atoms with van der Waals surface area (Å²) in [6.07, 6.45) is -2.08. The lowest BCUT2D eigenvalue weighted by atomic mass is 10.0. The number of nitrogens with zero attached hydrogens (tertiary/aromatic N) is 1. The van der Waals surface area contributed by atoms with E-state index in [0.717, 1.165) is 27.8 Å². The van der Waals surface area contributed by atoms with Gasteiger partial charge < -0.3 is 15.1 Å². The molecule has 9 heteroatoms. The number of aromatic nitrogens is 1. The topological polar surface area (TPSA) is 67.2 Å². The van der Waals surface area contributed by atoms with Crippen molar-refractivity contribution in [1.82, 2.24) is 10.3 Å². The van der Waals surface area contributed by atoms with Gasteiger partial charge in [-0.25, -0.2) is 4.98 Å². The molecule has 0 fully saturated rings. The first-order valence-electron chi connectivity index (χ1n) is 9.44. The molecule has 0 unspecified atom stereocenters. The number of hydrogen-bond donors (Lipinski definition) is 2. The van der Waals surface area contributed by atoms with Crippen molar-refractivity contribution in [2.45, 2.75) is 12.6 Å². The quantitative estimate of drug-likeness (QED) is 0.387. The van der Waals surface area contributed by atoms with Gasteiger partial charge in [-0.3, -0.25) is 4.79 Å². The van der Waals surface area contributed by atoms with Crippen LogP contribution in [0.3, 0.4) is 0 Å². The van der Waals surface area contributed by atoms with Crippen LogP contribution < -0.4 is 10.6 Å². The van der Waals surface area contributed by atoms with E-state index in [0.29, 0.717) is 11.8 Å². The van der Waals surface area contributed by atoms with Crippen molar-refractivity contribution in [3.8, 4) is 0 Å². The van der Waals surface area contributed by atoms with Crippen LogP contribution >= 0.6 is 11.6 Å². The molecule has 2 N–H and O–H groups in total. The van der Waals surface area contributed by atoms with Crippen molar-refractivity contribution in [3.05, 3.63) is 71.1 Å². The summed E-state index contributed by atoms with van der Waals surface area (Å²) in [4.78, 5) is 16.1. The number of rotatable bonds is 6. The zero-order chi connectivity index (χ0) is 22.0. The largest absolute Gasteiger partial charge is 0.464 e. The van der Waals surface area contributed by atoms with Gasteiger partial charge in [0.2, 0.25) is 5.91 Å². The lowest BCUT2D eigenvalue weighted by Crippen LogP contribution is -2.30. The Bertz CT molecular complexity index is 1250. The Morgan fingerprint density at radius 3 is 2.71 bits per heavy atom. The Hall–Kier alpha value is -3.26. The minimum absolute atomic E-state index is 0.121. The van der Waals surface area contributed by atoms with E-state index in [1.807, 2.05) is 36.4 Å². The van der Waals surface area contributed by atoms with Crippen molar-refractivity contribution in [3.63, 3.8) is 0 Å². The van der Waals surface area contributed by atoms with Crippen LogP contribution in [0.25, 0.3) is 21.7 Å². The molecule has 4 rings (SSSR count). The molecule has 0 aliphatic carbocycles. The Balaban J connectivity index is 1.35. The molecule has 0 bridgehead atoms. The number of nitrogens with one attached hydrogen (secondary N) is 2. The van der Waals surface area contributed by atoms with E-state index >= 15 is 0 Å². The molecular formula is C22H17ClF3N3O2. The van der Waals surface area contributed by atoms with Gasteiger partial charge in [0, 0.05) is 30.2 Å². The SMILES string of the molecule is O=C(Cc1coc2ccc3ccccc3c12)NCCNc1ncc(C(F)(F)F)cc1Cl. The average Bonchev–Trinajstić information content (AvgIpc) is 3.14. The van der Waals surface area contributed by atoms with Gasteiger partial charge in [0.05, 0.1) is 23.3 Å². The normalized spacial score (nSPS) is 11.7. The molecule has 0 atom stereocenters. The summed E-state index contributed by atoms with van der Waals surface area (Å²) in [6, 6.07) is 12.5. The number of alkyl halides is 3. The number of halogens is 4. The van der Waals surface area contributed by atoms with E-state index in [9.17, 15) is 18.0 Å². The molecule has 0 saturated carbocycles. The van der Waals surface area contributed by atoms with Gasteiger partial charge in [0.25, 0.3) is 0 Å². The summed E-state index contributed by atoms with van der Waals surface area (Å²) in [5.41, 5.74) is 0.576. The number of hydrogen-bond acceptors (Lipinski definition) is 4. The summed E-state index contributed by atoms with van der Waals surface area (Å²) in [5, 5.41) is 8.42. The van der Waals surface area contributed by atoms with Crippen LogP contribution in [0.2, 0.25) is 5.02 Å². The van der Waals surface area contributed by atoms with Crippen LogP contribution in [-0.4, -0.2) is 24.0 Å². The minimum atomic E-state index is -4.51. The number of carbonyl (C=O) groups is 1. The second-order valence-electron chi connectivity index (χ2n) is 6.93. The number of amides is 1. The van der Waals surface area contributed by atoms with E-state index < -0.39 is 11.7 Å². The van der Waals surface area contributed by atoms with Crippen LogP contribution in [0.4, 0.5) is 19.0 Å². The molecule has 5 nitrogen and oxygen atoms in total. The molecule has 0 radical (unpaired) electrons. The fourth-order valence-corrected chi connectivity index (χ4v) is 3.58. The fraction of sp³-hybridized carbons (Fsp3) is 0.182. The second kappa shape index (κ2) is 8.47. The highest BCUT2D eigenvalue weighted by atomic mass is 35.5. The first kappa shape index (κ1) is 21.0. The highest BCUT2D eigenvalue weighted by molar-refractivity contribution is 6.33. The van der Waals surface area contributed by atoms with Gasteiger partial charge in [0.15, 0.2) is 0 Å². The molecule has 0 saturated heterocycles. The van der Waals surface area contributed by atoms with Crippen molar-refractivity contribution >= 4 is 45.1 Å². The Morgan fingerprint density at radius 2 is 1.94 bits per heavy atom. The smallest absolute Gasteiger partial charge is 0.417 e. The first-order chi connectivity index (χ1) is 14.8. The van der Waals surface area contributed by atoms with Crippen LogP contribution in [0.1, 0.15) is 11.1 Å². The Morgan fingerprint density at radius 1 is 1.13 bits per heavy atom. The van der Waals surface area contributed by atoms with Gasteiger partial charge in [-0.2, -0.15) is 13.2 Å². The van der Waals surface area contributed by atoms with Crippen LogP contribution in [0.5, 0.6) is 0 Å². The molecule has 1 amide bonds. The van der Waals surface area contributed by atoms with E-state index in [4.69, 9.17) is 16.0 Å². The van der Waals surface area contributed by atoms with E-state index in [1.54, 1.807) is 6.26 Å². The zero-order valence-electron chi connectivity index (χ0n) is 16.1. The predicted molar refractivity (Wildman–Crippen MR) is 113 cm³/mol. The van der Waals surface area contributed by atoms with Gasteiger partial charge in [-0.15, -0.1) is 0 Å². The third-order valence-corrected chi connectivity index (χ3v) is 5.09. The third-order valence-electron chi connectivity index (χ3n) is 4.80. The molecular weight excluding hydrogens is 431 g/mol. The summed E-state index contributed by atoms with van der Waals surface area (Å²) >= 11 is 5.85. The molecule has 0 aliphatic rings. The molecule has 4 aromatic rings. The molecule has 2 heterocycles.